The standard InChI is InChI=1S/C27H22Cl2N2O5/c1-36-15-4-2-3-13(9-15)22(32)12-30(25(33)14-5-8-20(28)21(29)10-14)31-26(34)23-16-6-7-17(19-11-18(16)19)24(23)27(31)35/h2-10,16-19,23-24H,11-12H2,1H3/t16-,17-,18-,19-,23+,24+/m1/s1. The molecule has 2 aromatic rings. The molecule has 5 aliphatic rings. The maximum Gasteiger partial charge on any atom is 0.273 e. The van der Waals surface area contributed by atoms with Crippen LogP contribution in [-0.4, -0.2) is 47.2 Å². The summed E-state index contributed by atoms with van der Waals surface area (Å²) in [6, 6.07) is 10.8. The van der Waals surface area contributed by atoms with Crippen LogP contribution in [0.1, 0.15) is 27.1 Å². The predicted octanol–water partition coefficient (Wildman–Crippen LogP) is 4.30. The van der Waals surface area contributed by atoms with Crippen molar-refractivity contribution in [3.63, 3.8) is 0 Å². The van der Waals surface area contributed by atoms with Crippen LogP contribution in [0, 0.1) is 35.5 Å². The van der Waals surface area contributed by atoms with Crippen molar-refractivity contribution in [2.45, 2.75) is 6.42 Å². The predicted molar refractivity (Wildman–Crippen MR) is 131 cm³/mol. The summed E-state index contributed by atoms with van der Waals surface area (Å²) in [5, 5.41) is 2.29. The fourth-order valence-electron chi connectivity index (χ4n) is 6.21. The van der Waals surface area contributed by atoms with Crippen molar-refractivity contribution in [3.8, 4) is 5.75 Å². The van der Waals surface area contributed by atoms with Crippen LogP contribution in [0.5, 0.6) is 5.75 Å². The van der Waals surface area contributed by atoms with E-state index < -0.39 is 41.9 Å². The molecule has 2 saturated carbocycles. The Morgan fingerprint density at radius 3 is 2.22 bits per heavy atom. The maximum atomic E-state index is 13.7. The number of nitrogens with zero attached hydrogens (tertiary/aromatic N) is 2. The molecule has 2 bridgehead atoms. The number of carbonyl (C=O) groups is 4. The molecule has 36 heavy (non-hydrogen) atoms. The molecule has 0 aromatic heterocycles. The third-order valence-electron chi connectivity index (χ3n) is 7.97. The number of Topliss-reactive ketones (excluding diaryl/α,β-unsaturated/α-hetero) is 1. The van der Waals surface area contributed by atoms with Gasteiger partial charge in [0, 0.05) is 11.1 Å². The molecule has 6 atom stereocenters. The highest BCUT2D eigenvalue weighted by molar-refractivity contribution is 6.42. The number of allylic oxidation sites excluding steroid dienone is 2. The number of ketones is 1. The van der Waals surface area contributed by atoms with Crippen molar-refractivity contribution in [3.05, 3.63) is 75.8 Å². The van der Waals surface area contributed by atoms with Crippen molar-refractivity contribution in [1.29, 1.82) is 0 Å². The van der Waals surface area contributed by atoms with Crippen LogP contribution in [-0.2, 0) is 9.59 Å². The van der Waals surface area contributed by atoms with Gasteiger partial charge in [0.05, 0.1) is 29.0 Å². The molecule has 1 saturated heterocycles. The summed E-state index contributed by atoms with van der Waals surface area (Å²) in [7, 11) is 1.49. The summed E-state index contributed by atoms with van der Waals surface area (Å²) in [4.78, 5) is 54.5. The second-order valence-electron chi connectivity index (χ2n) is 9.79. The first-order valence-electron chi connectivity index (χ1n) is 11.8. The van der Waals surface area contributed by atoms with E-state index in [2.05, 4.69) is 12.2 Å². The minimum Gasteiger partial charge on any atom is -0.497 e. The summed E-state index contributed by atoms with van der Waals surface area (Å²) in [5.41, 5.74) is 0.406. The van der Waals surface area contributed by atoms with Gasteiger partial charge in [-0.2, -0.15) is 5.01 Å². The number of methoxy groups -OCH3 is 1. The van der Waals surface area contributed by atoms with Crippen LogP contribution < -0.4 is 4.74 Å². The van der Waals surface area contributed by atoms with Crippen molar-refractivity contribution in [2.75, 3.05) is 13.7 Å². The molecule has 1 aliphatic heterocycles. The highest BCUT2D eigenvalue weighted by Gasteiger charge is 2.68. The SMILES string of the molecule is COc1cccc(C(=O)CN(C(=O)c2ccc(Cl)c(Cl)c2)N2C(=O)[C@H]3[C@@H]4C=C[C@H]([C@H]5C[C@H]45)[C@@H]3C2=O)c1. The first-order valence-corrected chi connectivity index (χ1v) is 12.6. The lowest BCUT2D eigenvalue weighted by atomic mass is 9.63. The second-order valence-corrected chi connectivity index (χ2v) is 10.6. The van der Waals surface area contributed by atoms with Crippen LogP contribution in [0.25, 0.3) is 0 Å². The average Bonchev–Trinajstić information content (AvgIpc) is 3.67. The smallest absolute Gasteiger partial charge is 0.273 e. The van der Waals surface area contributed by atoms with Gasteiger partial charge in [-0.1, -0.05) is 47.5 Å². The van der Waals surface area contributed by atoms with Gasteiger partial charge in [-0.25, -0.2) is 5.01 Å². The fourth-order valence-corrected chi connectivity index (χ4v) is 6.51. The van der Waals surface area contributed by atoms with Crippen LogP contribution in [0.15, 0.2) is 54.6 Å². The molecule has 1 heterocycles. The molecule has 0 spiro atoms. The van der Waals surface area contributed by atoms with Crippen molar-refractivity contribution in [2.24, 2.45) is 35.5 Å². The highest BCUT2D eigenvalue weighted by Crippen LogP contribution is 2.65. The Hall–Kier alpha value is -3.16. The fraction of sp³-hybridized carbons (Fsp3) is 0.333. The molecule has 7 rings (SSSR count). The molecule has 184 valence electrons. The normalized spacial score (nSPS) is 29.1. The van der Waals surface area contributed by atoms with Gasteiger partial charge in [0.25, 0.3) is 17.7 Å². The number of imide groups is 1. The Morgan fingerprint density at radius 2 is 1.61 bits per heavy atom. The number of halogens is 2. The van der Waals surface area contributed by atoms with Crippen molar-refractivity contribution >= 4 is 46.7 Å². The topological polar surface area (TPSA) is 84.0 Å². The van der Waals surface area contributed by atoms with E-state index in [9.17, 15) is 19.2 Å². The average molecular weight is 525 g/mol. The molecular formula is C27H22Cl2N2O5. The highest BCUT2D eigenvalue weighted by atomic mass is 35.5. The van der Waals surface area contributed by atoms with Crippen LogP contribution in [0.3, 0.4) is 0 Å². The summed E-state index contributed by atoms with van der Waals surface area (Å²) in [5.74, 6) is -1.72. The molecular weight excluding hydrogens is 503 g/mol. The number of rotatable bonds is 6. The van der Waals surface area contributed by atoms with Crippen LogP contribution in [0.2, 0.25) is 10.0 Å². The number of amides is 3. The Bertz CT molecular complexity index is 1320. The first-order chi connectivity index (χ1) is 17.3. The van der Waals surface area contributed by atoms with E-state index in [0.717, 1.165) is 16.4 Å². The molecule has 0 unspecified atom stereocenters. The number of benzene rings is 2. The maximum absolute atomic E-state index is 13.7. The molecule has 4 aliphatic carbocycles. The van der Waals surface area contributed by atoms with Gasteiger partial charge in [0.2, 0.25) is 0 Å². The van der Waals surface area contributed by atoms with E-state index in [4.69, 9.17) is 27.9 Å². The zero-order chi connectivity index (χ0) is 25.3. The molecule has 9 heteroatoms. The Labute approximate surface area is 217 Å². The zero-order valence-electron chi connectivity index (χ0n) is 19.3. The monoisotopic (exact) mass is 524 g/mol. The zero-order valence-corrected chi connectivity index (χ0v) is 20.8. The van der Waals surface area contributed by atoms with Crippen molar-refractivity contribution in [1.82, 2.24) is 10.0 Å². The summed E-state index contributed by atoms with van der Waals surface area (Å²) in [6.07, 6.45) is 5.14. The molecule has 3 amide bonds. The molecule has 0 N–H and O–H groups in total. The van der Waals surface area contributed by atoms with Gasteiger partial charge in [-0.05, 0) is 60.4 Å². The van der Waals surface area contributed by atoms with Crippen molar-refractivity contribution < 1.29 is 23.9 Å². The summed E-state index contributed by atoms with van der Waals surface area (Å²) < 4.78 is 5.21. The first kappa shape index (κ1) is 23.3. The number of carbonyl (C=O) groups excluding carboxylic acids is 4. The van der Waals surface area contributed by atoms with Gasteiger partial charge in [-0.15, -0.1) is 0 Å². The third kappa shape index (κ3) is 3.48. The van der Waals surface area contributed by atoms with E-state index >= 15 is 0 Å². The minimum atomic E-state index is -0.685. The third-order valence-corrected chi connectivity index (χ3v) is 8.71. The van der Waals surface area contributed by atoms with Crippen LogP contribution in [0.4, 0.5) is 0 Å². The van der Waals surface area contributed by atoms with Crippen LogP contribution >= 0.6 is 23.2 Å². The van der Waals surface area contributed by atoms with E-state index in [1.807, 2.05) is 0 Å². The van der Waals surface area contributed by atoms with E-state index in [-0.39, 0.29) is 27.4 Å². The van der Waals surface area contributed by atoms with Gasteiger partial charge >= 0.3 is 0 Å². The van der Waals surface area contributed by atoms with Gasteiger partial charge in [0.1, 0.15) is 12.3 Å². The van der Waals surface area contributed by atoms with E-state index in [0.29, 0.717) is 23.1 Å². The molecule has 3 fully saturated rings. The molecule has 7 nitrogen and oxygen atoms in total. The lowest BCUT2D eigenvalue weighted by molar-refractivity contribution is -0.154. The Kier molecular flexibility index (Phi) is 5.46. The summed E-state index contributed by atoms with van der Waals surface area (Å²) in [6.45, 7) is -0.501. The summed E-state index contributed by atoms with van der Waals surface area (Å²) >= 11 is 12.2. The Morgan fingerprint density at radius 1 is 0.944 bits per heavy atom. The lowest BCUT2D eigenvalue weighted by Crippen LogP contribution is -2.52. The Balaban J connectivity index is 1.37. The lowest BCUT2D eigenvalue weighted by Gasteiger charge is -2.37. The number of ether oxygens (including phenoxy) is 1. The molecule has 0 radical (unpaired) electrons. The van der Waals surface area contributed by atoms with Gasteiger partial charge < -0.3 is 4.74 Å². The minimum absolute atomic E-state index is 0.0116. The largest absolute Gasteiger partial charge is 0.497 e. The van der Waals surface area contributed by atoms with E-state index in [1.54, 1.807) is 24.3 Å². The second kappa shape index (κ2) is 8.46. The molecule has 2 aromatic carbocycles. The van der Waals surface area contributed by atoms with Gasteiger partial charge in [-0.3, -0.25) is 19.2 Å². The number of hydrogen-bond acceptors (Lipinski definition) is 5. The quantitative estimate of drug-likeness (QED) is 0.319. The number of hydrazine groups is 1. The van der Waals surface area contributed by atoms with Gasteiger partial charge in [0.15, 0.2) is 5.78 Å². The number of hydrogen-bond donors (Lipinski definition) is 0. The van der Waals surface area contributed by atoms with E-state index in [1.165, 1.54) is 25.3 Å².